The molecule has 0 spiro atoms. The van der Waals surface area contributed by atoms with Gasteiger partial charge in [0.25, 0.3) is 0 Å². The molecule has 0 fully saturated rings. The molecule has 0 aromatic carbocycles. The second kappa shape index (κ2) is 6.04. The van der Waals surface area contributed by atoms with Crippen molar-refractivity contribution in [2.24, 2.45) is 0 Å². The Kier molecular flexibility index (Phi) is 13.8. The van der Waals surface area contributed by atoms with Crippen molar-refractivity contribution in [2.45, 2.75) is 0 Å². The fourth-order valence-corrected chi connectivity index (χ4v) is 0. The Hall–Kier alpha value is 1.91. The smallest absolute Gasteiger partial charge is 0.0149 e. The van der Waals surface area contributed by atoms with Gasteiger partial charge < -0.3 is 19.2 Å². The van der Waals surface area contributed by atoms with E-state index in [1.807, 2.05) is 0 Å². The monoisotopic (exact) mass is 168 g/mol. The molecule has 0 atom stereocenters. The van der Waals surface area contributed by atoms with Gasteiger partial charge in [0, 0.05) is 0 Å². The zero-order valence-electron chi connectivity index (χ0n) is 2.29. The Balaban J connectivity index is -0.0000000800. The van der Waals surface area contributed by atoms with Gasteiger partial charge in [0.2, 0.25) is 0 Å². The normalized spacial score (nSPS) is 8.57. The van der Waals surface area contributed by atoms with Gasteiger partial charge in [-0.15, -0.1) is 0 Å². The van der Waals surface area contributed by atoms with Crippen LogP contribution in [0.5, 0.6) is 0 Å². The second-order valence-corrected chi connectivity index (χ2v) is 1.80. The molecule has 0 bridgehead atoms. The second-order valence-electron chi connectivity index (χ2n) is 0.600. The largest absolute Gasteiger partial charge is 0.0149 e. The fourth-order valence-electron chi connectivity index (χ4n) is 0. The van der Waals surface area contributed by atoms with Crippen molar-refractivity contribution in [3.8, 4) is 0 Å². The number of hydrogen-bond acceptors (Lipinski definition) is 4. The van der Waals surface area contributed by atoms with Crippen LogP contribution in [0.3, 0.4) is 0 Å². The summed E-state index contributed by atoms with van der Waals surface area (Å²) in [5.74, 6) is 0. The minimum absolute atomic E-state index is 0. The Morgan fingerprint density at radius 3 is 0.857 bits per heavy atom. The van der Waals surface area contributed by atoms with Crippen molar-refractivity contribution in [2.75, 3.05) is 0 Å². The van der Waals surface area contributed by atoms with Crippen LogP contribution >= 0.6 is 0 Å². The molecule has 0 aliphatic rings. The maximum Gasteiger partial charge on any atom is -0.0149 e. The van der Waals surface area contributed by atoms with E-state index < -0.39 is 9.05 Å². The first kappa shape index (κ1) is 16.0. The van der Waals surface area contributed by atoms with Crippen molar-refractivity contribution < 1.29 is 19.2 Å². The van der Waals surface area contributed by atoms with Crippen LogP contribution in [0.1, 0.15) is 0 Å². The van der Waals surface area contributed by atoms with Gasteiger partial charge in [-0.25, -0.2) is 0 Å². The summed E-state index contributed by atoms with van der Waals surface area (Å²) in [6.07, 6.45) is 0. The van der Waals surface area contributed by atoms with Gasteiger partial charge in [-0.05, 0) is 11.0 Å². The van der Waals surface area contributed by atoms with E-state index >= 15 is 0 Å². The van der Waals surface area contributed by atoms with Crippen molar-refractivity contribution in [3.05, 3.63) is 0 Å². The van der Waals surface area contributed by atoms with E-state index in [0.29, 0.717) is 0 Å². The molecule has 42 valence electrons. The number of rotatable bonds is 0. The molecule has 0 aromatic heterocycles. The summed E-state index contributed by atoms with van der Waals surface area (Å²) in [6.45, 7) is 0. The quantitative estimate of drug-likeness (QED) is 0.274. The molecular formula is H9KO4Si2. The first-order valence-electron chi connectivity index (χ1n) is 0.894. The van der Waals surface area contributed by atoms with Gasteiger partial charge in [-0.3, -0.25) is 0 Å². The molecule has 0 saturated carbocycles. The molecule has 4 N–H and O–H groups in total. The molecule has 4 nitrogen and oxygen atoms in total. The average Bonchev–Trinajstić information content (AvgIpc) is 0.722. The zero-order valence-corrected chi connectivity index (χ0v) is 3.29. The Morgan fingerprint density at radius 1 is 0.857 bits per heavy atom. The van der Waals surface area contributed by atoms with Crippen LogP contribution in [0.4, 0.5) is 0 Å². The van der Waals surface area contributed by atoms with Gasteiger partial charge in [0.15, 0.2) is 0 Å². The van der Waals surface area contributed by atoms with Crippen LogP contribution in [-0.2, 0) is 0 Å². The minimum Gasteiger partial charge on any atom is -0.0149 e. The molecule has 0 radical (unpaired) electrons. The van der Waals surface area contributed by atoms with E-state index in [0.717, 1.165) is 0 Å². The van der Waals surface area contributed by atoms with Crippen LogP contribution in [0.15, 0.2) is 0 Å². The van der Waals surface area contributed by atoms with Gasteiger partial charge >= 0.3 is 60.4 Å². The maximum atomic E-state index is 7.33. The summed E-state index contributed by atoms with van der Waals surface area (Å²) in [4.78, 5) is 29.3. The van der Waals surface area contributed by atoms with Crippen LogP contribution < -0.4 is 0 Å². The first-order chi connectivity index (χ1) is 2.00. The molecule has 7 heteroatoms. The predicted molar refractivity (Wildman–Crippen MR) is 33.1 cm³/mol. The van der Waals surface area contributed by atoms with Gasteiger partial charge in [0.1, 0.15) is 0 Å². The summed E-state index contributed by atoms with van der Waals surface area (Å²) in [6, 6.07) is 0. The summed E-state index contributed by atoms with van der Waals surface area (Å²) in [5, 5.41) is 0. The molecule has 0 aliphatic carbocycles. The summed E-state index contributed by atoms with van der Waals surface area (Å²) >= 11 is 0. The fraction of sp³-hybridized carbons (Fsp3) is 0. The average molecular weight is 168 g/mol. The van der Waals surface area contributed by atoms with Crippen LogP contribution in [0.25, 0.3) is 0 Å². The van der Waals surface area contributed by atoms with Gasteiger partial charge in [-0.1, -0.05) is 0 Å². The van der Waals surface area contributed by atoms with Gasteiger partial charge in [0.05, 0.1) is 0 Å². The molecule has 0 unspecified atom stereocenters. The minimum atomic E-state index is -4.61. The molecule has 0 rings (SSSR count). The van der Waals surface area contributed by atoms with Crippen molar-refractivity contribution in [1.29, 1.82) is 0 Å². The molecule has 0 aromatic rings. The SMILES string of the molecule is O[Si](O)(O)O.[KH].[SiH4]. The summed E-state index contributed by atoms with van der Waals surface area (Å²) < 4.78 is 0. The Morgan fingerprint density at radius 2 is 0.857 bits per heavy atom. The third kappa shape index (κ3) is 75.7. The third-order valence-corrected chi connectivity index (χ3v) is 0. The van der Waals surface area contributed by atoms with E-state index in [1.54, 1.807) is 0 Å². The Labute approximate surface area is 89.1 Å². The zero-order chi connectivity index (χ0) is 4.50. The van der Waals surface area contributed by atoms with E-state index in [9.17, 15) is 0 Å². The van der Waals surface area contributed by atoms with E-state index in [1.165, 1.54) is 0 Å². The molecule has 7 heavy (non-hydrogen) atoms. The van der Waals surface area contributed by atoms with Crippen LogP contribution in [-0.4, -0.2) is 90.6 Å². The van der Waals surface area contributed by atoms with Crippen molar-refractivity contribution in [1.82, 2.24) is 0 Å². The van der Waals surface area contributed by atoms with Crippen LogP contribution in [0, 0.1) is 0 Å². The topological polar surface area (TPSA) is 80.9 Å². The molecule has 0 amide bonds. The molecule has 0 aliphatic heterocycles. The summed E-state index contributed by atoms with van der Waals surface area (Å²) in [7, 11) is -4.61. The van der Waals surface area contributed by atoms with E-state index in [-0.39, 0.29) is 62.3 Å². The van der Waals surface area contributed by atoms with Crippen LogP contribution in [0.2, 0.25) is 0 Å². The Bertz CT molecular complexity index is 25.2. The van der Waals surface area contributed by atoms with E-state index in [2.05, 4.69) is 0 Å². The van der Waals surface area contributed by atoms with Gasteiger partial charge in [-0.2, -0.15) is 0 Å². The standard InChI is InChI=1S/K.H4O4Si.H4Si.H/c;1-5(2,3)4;;/h;1-4H;1H4;. The first-order valence-corrected chi connectivity index (χ1v) is 2.68. The molecule has 0 heterocycles. The molecule has 0 saturated heterocycles. The molecular weight excluding hydrogens is 159 g/mol. The maximum absolute atomic E-state index is 7.33. The van der Waals surface area contributed by atoms with E-state index in [4.69, 9.17) is 19.2 Å². The number of hydrogen-bond donors (Lipinski definition) is 4. The third-order valence-electron chi connectivity index (χ3n) is 0. The predicted octanol–water partition coefficient (Wildman–Crippen LogP) is -4.71. The summed E-state index contributed by atoms with van der Waals surface area (Å²) in [5.41, 5.74) is 0. The van der Waals surface area contributed by atoms with Crippen molar-refractivity contribution in [3.63, 3.8) is 0 Å². The van der Waals surface area contributed by atoms with Crippen molar-refractivity contribution >= 4 is 71.4 Å².